The van der Waals surface area contributed by atoms with Gasteiger partial charge in [-0.3, -0.25) is 4.90 Å². The molecule has 0 aliphatic carbocycles. The van der Waals surface area contributed by atoms with Crippen LogP contribution in [-0.4, -0.2) is 36.7 Å². The van der Waals surface area contributed by atoms with Crippen molar-refractivity contribution in [2.75, 3.05) is 12.0 Å². The molecule has 3 N–H and O–H groups in total. The molecular formula is C18H15F2N5O5S. The van der Waals surface area contributed by atoms with Crippen LogP contribution in [-0.2, 0) is 23.1 Å². The molecule has 0 atom stereocenters. The number of carbonyl (C=O) groups excluding carboxylic acids is 1. The summed E-state index contributed by atoms with van der Waals surface area (Å²) in [7, 11) is -3.05. The minimum absolute atomic E-state index is 0.157. The summed E-state index contributed by atoms with van der Waals surface area (Å²) in [5, 5.41) is 11.7. The quantitative estimate of drug-likeness (QED) is 0.504. The highest BCUT2D eigenvalue weighted by Crippen LogP contribution is 2.34. The number of carbonyl (C=O) groups is 1. The van der Waals surface area contributed by atoms with E-state index in [0.717, 1.165) is 9.79 Å². The van der Waals surface area contributed by atoms with Crippen molar-refractivity contribution in [1.82, 2.24) is 20.2 Å². The lowest BCUT2D eigenvalue weighted by molar-refractivity contribution is 0.242. The number of nitrogens with zero attached hydrogens (tertiary/aromatic N) is 3. The summed E-state index contributed by atoms with van der Waals surface area (Å²) in [4.78, 5) is 22.4. The maximum Gasteiger partial charge on any atom is 0.322 e. The second kappa shape index (κ2) is 7.68. The van der Waals surface area contributed by atoms with Crippen molar-refractivity contribution in [3.05, 3.63) is 53.2 Å². The molecule has 0 bridgehead atoms. The largest absolute Gasteiger partial charge is 0.481 e. The van der Waals surface area contributed by atoms with Crippen molar-refractivity contribution in [1.29, 1.82) is 0 Å². The lowest BCUT2D eigenvalue weighted by Gasteiger charge is -2.31. The first kappa shape index (κ1) is 20.8. The predicted molar refractivity (Wildman–Crippen MR) is 103 cm³/mol. The lowest BCUT2D eigenvalue weighted by atomic mass is 10.1. The van der Waals surface area contributed by atoms with Gasteiger partial charge in [0.05, 0.1) is 24.2 Å². The van der Waals surface area contributed by atoms with E-state index in [0.29, 0.717) is 34.6 Å². The third-order valence-electron chi connectivity index (χ3n) is 4.77. The Hall–Kier alpha value is -3.42. The minimum Gasteiger partial charge on any atom is -0.481 e. The lowest BCUT2D eigenvalue weighted by Crippen LogP contribution is -2.44. The van der Waals surface area contributed by atoms with Crippen molar-refractivity contribution in [2.24, 2.45) is 0 Å². The highest BCUT2D eigenvalue weighted by Gasteiger charge is 2.29. The van der Waals surface area contributed by atoms with Gasteiger partial charge in [-0.25, -0.2) is 27.0 Å². The zero-order valence-electron chi connectivity index (χ0n) is 15.9. The number of benzene rings is 1. The highest BCUT2D eigenvalue weighted by atomic mass is 32.2. The molecule has 1 aliphatic heterocycles. The van der Waals surface area contributed by atoms with E-state index in [2.05, 4.69) is 15.3 Å². The zero-order valence-corrected chi connectivity index (χ0v) is 16.7. The highest BCUT2D eigenvalue weighted by molar-refractivity contribution is 7.89. The molecule has 0 unspecified atom stereocenters. The van der Waals surface area contributed by atoms with Crippen LogP contribution in [0.15, 0.2) is 35.4 Å². The second-order valence-corrected chi connectivity index (χ2v) is 8.22. The summed E-state index contributed by atoms with van der Waals surface area (Å²) in [6, 6.07) is 3.70. The Balaban J connectivity index is 1.82. The zero-order chi connectivity index (χ0) is 22.3. The summed E-state index contributed by atoms with van der Waals surface area (Å²) in [6.07, 6.45) is 1.49. The van der Waals surface area contributed by atoms with Crippen molar-refractivity contribution >= 4 is 32.8 Å². The number of sulfonamides is 1. The Labute approximate surface area is 174 Å². The van der Waals surface area contributed by atoms with Crippen LogP contribution < -0.4 is 19.8 Å². The number of anilines is 1. The van der Waals surface area contributed by atoms with Crippen LogP contribution in [0.4, 0.5) is 19.3 Å². The number of amides is 2. The molecule has 1 aromatic carbocycles. The molecule has 2 amide bonds. The van der Waals surface area contributed by atoms with Crippen LogP contribution in [0.25, 0.3) is 11.0 Å². The molecule has 2 aromatic heterocycles. The maximum absolute atomic E-state index is 14.6. The minimum atomic E-state index is -4.48. The molecule has 0 radical (unpaired) electrons. The molecule has 13 heteroatoms. The number of aromatic nitrogens is 2. The molecule has 10 nitrogen and oxygen atoms in total. The normalized spacial score (nSPS) is 13.8. The number of ether oxygens (including phenoxy) is 1. The van der Waals surface area contributed by atoms with Gasteiger partial charge in [-0.1, -0.05) is 4.89 Å². The summed E-state index contributed by atoms with van der Waals surface area (Å²) in [5.74, 6) is -2.10. The van der Waals surface area contributed by atoms with E-state index < -0.39 is 44.7 Å². The standard InChI is InChI=1S/C18H15F2N5O5S/c1-30-15-3-2-11-16-9(6-21-17(11)23-15)7-22-18(26)25(16)8-12-13(19)4-10(5-14(12)20)31(28,29)24-27/h2-6,24,27H,7-8H2,1H3,(H,22,26). The fourth-order valence-corrected chi connectivity index (χ4v) is 3.89. The van der Waals surface area contributed by atoms with Gasteiger partial charge in [0.1, 0.15) is 11.6 Å². The van der Waals surface area contributed by atoms with Gasteiger partial charge in [0.2, 0.25) is 5.88 Å². The van der Waals surface area contributed by atoms with Crippen LogP contribution in [0.3, 0.4) is 0 Å². The average Bonchev–Trinajstić information content (AvgIpc) is 2.76. The van der Waals surface area contributed by atoms with Crippen LogP contribution in [0.2, 0.25) is 0 Å². The fourth-order valence-electron chi connectivity index (χ4n) is 3.26. The number of urea groups is 1. The van der Waals surface area contributed by atoms with Crippen LogP contribution >= 0.6 is 0 Å². The van der Waals surface area contributed by atoms with E-state index in [1.807, 2.05) is 0 Å². The first-order chi connectivity index (χ1) is 14.7. The molecule has 0 spiro atoms. The van der Waals surface area contributed by atoms with Gasteiger partial charge < -0.3 is 15.3 Å². The fraction of sp³-hybridized carbons (Fsp3) is 0.167. The molecule has 3 heterocycles. The summed E-state index contributed by atoms with van der Waals surface area (Å²) < 4.78 is 57.6. The number of halogens is 2. The number of methoxy groups -OCH3 is 1. The summed E-state index contributed by atoms with van der Waals surface area (Å²) in [5.41, 5.74) is 0.709. The Kier molecular flexibility index (Phi) is 5.16. The van der Waals surface area contributed by atoms with Crippen molar-refractivity contribution in [3.63, 3.8) is 0 Å². The third kappa shape index (κ3) is 3.62. The van der Waals surface area contributed by atoms with E-state index in [1.54, 1.807) is 12.1 Å². The number of pyridine rings is 2. The second-order valence-electron chi connectivity index (χ2n) is 6.56. The first-order valence-electron chi connectivity index (χ1n) is 8.77. The Morgan fingerprint density at radius 1 is 1.29 bits per heavy atom. The van der Waals surface area contributed by atoms with E-state index >= 15 is 0 Å². The SMILES string of the molecule is COc1ccc2c3c(cnc2n1)CNC(=O)N3Cc1c(F)cc(S(=O)(=O)NO)cc1F. The molecule has 4 rings (SSSR count). The Morgan fingerprint density at radius 3 is 2.65 bits per heavy atom. The van der Waals surface area contributed by atoms with Crippen LogP contribution in [0.5, 0.6) is 5.88 Å². The number of rotatable bonds is 5. The number of fused-ring (bicyclic) bond motifs is 3. The van der Waals surface area contributed by atoms with E-state index in [-0.39, 0.29) is 12.2 Å². The van der Waals surface area contributed by atoms with Gasteiger partial charge in [0, 0.05) is 35.3 Å². The molecule has 0 fully saturated rings. The maximum atomic E-state index is 14.6. The summed E-state index contributed by atoms with van der Waals surface area (Å²) in [6.45, 7) is -0.377. The van der Waals surface area contributed by atoms with E-state index in [1.165, 1.54) is 13.3 Å². The van der Waals surface area contributed by atoms with Crippen molar-refractivity contribution < 1.29 is 31.9 Å². The number of hydrogen-bond donors (Lipinski definition) is 3. The topological polar surface area (TPSA) is 134 Å². The Morgan fingerprint density at radius 2 is 2.00 bits per heavy atom. The summed E-state index contributed by atoms with van der Waals surface area (Å²) >= 11 is 0. The first-order valence-corrected chi connectivity index (χ1v) is 10.2. The van der Waals surface area contributed by atoms with Gasteiger partial charge in [0.25, 0.3) is 10.0 Å². The van der Waals surface area contributed by atoms with Gasteiger partial charge >= 0.3 is 6.03 Å². The average molecular weight is 451 g/mol. The number of hydrogen-bond acceptors (Lipinski definition) is 7. The van der Waals surface area contributed by atoms with Gasteiger partial charge in [-0.05, 0) is 18.2 Å². The number of nitrogens with one attached hydrogen (secondary N) is 2. The van der Waals surface area contributed by atoms with Crippen molar-refractivity contribution in [3.8, 4) is 5.88 Å². The van der Waals surface area contributed by atoms with Crippen molar-refractivity contribution in [2.45, 2.75) is 18.0 Å². The molecule has 162 valence electrons. The van der Waals surface area contributed by atoms with Gasteiger partial charge in [0.15, 0.2) is 5.65 Å². The molecule has 3 aromatic rings. The van der Waals surface area contributed by atoms with E-state index in [9.17, 15) is 22.0 Å². The van der Waals surface area contributed by atoms with Gasteiger partial charge in [-0.15, -0.1) is 0 Å². The van der Waals surface area contributed by atoms with Gasteiger partial charge in [-0.2, -0.15) is 4.98 Å². The molecule has 0 saturated heterocycles. The van der Waals surface area contributed by atoms with E-state index in [4.69, 9.17) is 9.94 Å². The monoisotopic (exact) mass is 451 g/mol. The Bertz CT molecular complexity index is 1300. The third-order valence-corrected chi connectivity index (χ3v) is 5.86. The molecule has 31 heavy (non-hydrogen) atoms. The molecular weight excluding hydrogens is 436 g/mol. The van der Waals surface area contributed by atoms with Crippen LogP contribution in [0.1, 0.15) is 11.1 Å². The predicted octanol–water partition coefficient (Wildman–Crippen LogP) is 1.81. The smallest absolute Gasteiger partial charge is 0.322 e. The molecule has 1 aliphatic rings. The van der Waals surface area contributed by atoms with Crippen LogP contribution in [0, 0.1) is 11.6 Å². The molecule has 0 saturated carbocycles.